The predicted molar refractivity (Wildman–Crippen MR) is 100 cm³/mol. The molecule has 1 aliphatic rings. The minimum Gasteiger partial charge on any atom is -0.350 e. The van der Waals surface area contributed by atoms with Gasteiger partial charge in [0.05, 0.1) is 30.2 Å². The van der Waals surface area contributed by atoms with Crippen molar-refractivity contribution in [3.63, 3.8) is 0 Å². The van der Waals surface area contributed by atoms with Gasteiger partial charge in [0.15, 0.2) is 0 Å². The number of carbonyl (C=O) groups excluding carboxylic acids is 1. The predicted octanol–water partition coefficient (Wildman–Crippen LogP) is 3.09. The van der Waals surface area contributed by atoms with Crippen LogP contribution in [-0.4, -0.2) is 33.4 Å². The molecule has 3 aromatic rings. The molecule has 130 valence electrons. The van der Waals surface area contributed by atoms with Crippen LogP contribution in [0, 0.1) is 0 Å². The number of amides is 1. The van der Waals surface area contributed by atoms with Crippen LogP contribution in [0.5, 0.6) is 0 Å². The highest BCUT2D eigenvalue weighted by Crippen LogP contribution is 2.32. The van der Waals surface area contributed by atoms with Crippen LogP contribution >= 0.6 is 11.3 Å². The van der Waals surface area contributed by atoms with E-state index in [9.17, 15) is 4.79 Å². The van der Waals surface area contributed by atoms with Gasteiger partial charge in [-0.1, -0.05) is 18.2 Å². The first-order valence-electron chi connectivity index (χ1n) is 8.67. The van der Waals surface area contributed by atoms with Crippen LogP contribution in [0.1, 0.15) is 29.6 Å². The molecule has 0 saturated carbocycles. The van der Waals surface area contributed by atoms with E-state index in [1.807, 2.05) is 35.7 Å². The summed E-state index contributed by atoms with van der Waals surface area (Å²) in [5.74, 6) is 1.14. The first-order chi connectivity index (χ1) is 12.2. The zero-order valence-electron chi connectivity index (χ0n) is 14.3. The molecule has 1 saturated heterocycles. The van der Waals surface area contributed by atoms with E-state index in [1.54, 1.807) is 11.3 Å². The van der Waals surface area contributed by atoms with Crippen LogP contribution in [-0.2, 0) is 18.4 Å². The Kier molecular flexibility index (Phi) is 4.55. The number of aryl methyl sites for hydroxylation is 1. The molecule has 4 rings (SSSR count). The maximum atomic E-state index is 12.4. The zero-order chi connectivity index (χ0) is 17.2. The molecule has 0 bridgehead atoms. The molecular weight excluding hydrogens is 332 g/mol. The van der Waals surface area contributed by atoms with Crippen molar-refractivity contribution in [3.05, 3.63) is 52.5 Å². The molecule has 1 fully saturated rings. The summed E-state index contributed by atoms with van der Waals surface area (Å²) in [4.78, 5) is 20.6. The third kappa shape index (κ3) is 3.32. The van der Waals surface area contributed by atoms with Gasteiger partial charge in [0.2, 0.25) is 5.91 Å². The molecular formula is C19H22N4OS. The summed E-state index contributed by atoms with van der Waals surface area (Å²) in [5.41, 5.74) is 2.17. The van der Waals surface area contributed by atoms with E-state index in [0.29, 0.717) is 13.1 Å². The number of hydrogen-bond donors (Lipinski definition) is 1. The SMILES string of the molecule is Cn1c([C@@H]2CCCN2CC(=O)NCc2cccs2)nc2ccccc21. The van der Waals surface area contributed by atoms with Crippen molar-refractivity contribution < 1.29 is 4.79 Å². The lowest BCUT2D eigenvalue weighted by Crippen LogP contribution is -2.37. The molecule has 1 aromatic carbocycles. The molecule has 0 aliphatic carbocycles. The lowest BCUT2D eigenvalue weighted by Gasteiger charge is -2.23. The van der Waals surface area contributed by atoms with Crippen LogP contribution in [0.15, 0.2) is 41.8 Å². The number of nitrogens with one attached hydrogen (secondary N) is 1. The number of likely N-dealkylation sites (tertiary alicyclic amines) is 1. The number of imidazole rings is 1. The Morgan fingerprint density at radius 3 is 3.00 bits per heavy atom. The van der Waals surface area contributed by atoms with E-state index in [2.05, 4.69) is 27.9 Å². The van der Waals surface area contributed by atoms with E-state index in [1.165, 1.54) is 4.88 Å². The highest BCUT2D eigenvalue weighted by atomic mass is 32.1. The standard InChI is InChI=1S/C19H22N4OS/c1-22-16-8-3-2-7-15(16)21-19(22)17-9-4-10-23(17)13-18(24)20-12-14-6-5-11-25-14/h2-3,5-8,11,17H,4,9-10,12-13H2,1H3,(H,20,24)/t17-/m0/s1. The molecule has 0 spiro atoms. The second-order valence-corrected chi connectivity index (χ2v) is 7.53. The fourth-order valence-electron chi connectivity index (χ4n) is 3.61. The molecule has 5 nitrogen and oxygen atoms in total. The molecule has 3 heterocycles. The number of para-hydroxylation sites is 2. The summed E-state index contributed by atoms with van der Waals surface area (Å²) >= 11 is 1.67. The van der Waals surface area contributed by atoms with Crippen molar-refractivity contribution in [2.75, 3.05) is 13.1 Å². The van der Waals surface area contributed by atoms with Gasteiger partial charge in [-0.15, -0.1) is 11.3 Å². The van der Waals surface area contributed by atoms with E-state index in [-0.39, 0.29) is 11.9 Å². The van der Waals surface area contributed by atoms with E-state index in [4.69, 9.17) is 4.98 Å². The molecule has 0 radical (unpaired) electrons. The first-order valence-corrected chi connectivity index (χ1v) is 9.55. The highest BCUT2D eigenvalue weighted by molar-refractivity contribution is 7.09. The average Bonchev–Trinajstić information content (AvgIpc) is 3.34. The van der Waals surface area contributed by atoms with Crippen LogP contribution in [0.3, 0.4) is 0 Å². The normalized spacial score (nSPS) is 18.0. The smallest absolute Gasteiger partial charge is 0.234 e. The Bertz CT molecular complexity index is 871. The Balaban J connectivity index is 1.46. The lowest BCUT2D eigenvalue weighted by atomic mass is 10.2. The summed E-state index contributed by atoms with van der Waals surface area (Å²) in [6.07, 6.45) is 2.15. The van der Waals surface area contributed by atoms with Crippen molar-refractivity contribution in [1.82, 2.24) is 19.8 Å². The molecule has 25 heavy (non-hydrogen) atoms. The first kappa shape index (κ1) is 16.3. The lowest BCUT2D eigenvalue weighted by molar-refractivity contribution is -0.122. The number of aromatic nitrogens is 2. The number of fused-ring (bicyclic) bond motifs is 1. The van der Waals surface area contributed by atoms with Gasteiger partial charge in [-0.05, 0) is 43.0 Å². The third-order valence-electron chi connectivity index (χ3n) is 4.87. The minimum absolute atomic E-state index is 0.0825. The van der Waals surface area contributed by atoms with Gasteiger partial charge in [-0.2, -0.15) is 0 Å². The summed E-state index contributed by atoms with van der Waals surface area (Å²) in [6, 6.07) is 12.5. The van der Waals surface area contributed by atoms with Crippen LogP contribution in [0.25, 0.3) is 11.0 Å². The van der Waals surface area contributed by atoms with Gasteiger partial charge >= 0.3 is 0 Å². The molecule has 1 atom stereocenters. The van der Waals surface area contributed by atoms with E-state index in [0.717, 1.165) is 36.2 Å². The third-order valence-corrected chi connectivity index (χ3v) is 5.75. The highest BCUT2D eigenvalue weighted by Gasteiger charge is 2.31. The zero-order valence-corrected chi connectivity index (χ0v) is 15.1. The molecule has 6 heteroatoms. The van der Waals surface area contributed by atoms with Crippen molar-refractivity contribution >= 4 is 28.3 Å². The fraction of sp³-hybridized carbons (Fsp3) is 0.368. The quantitative estimate of drug-likeness (QED) is 0.766. The number of rotatable bonds is 5. The Morgan fingerprint density at radius 1 is 1.32 bits per heavy atom. The number of hydrogen-bond acceptors (Lipinski definition) is 4. The van der Waals surface area contributed by atoms with Gasteiger partial charge in [0.1, 0.15) is 5.82 Å². The monoisotopic (exact) mass is 354 g/mol. The second-order valence-electron chi connectivity index (χ2n) is 6.50. The van der Waals surface area contributed by atoms with Crippen molar-refractivity contribution in [2.24, 2.45) is 7.05 Å². The van der Waals surface area contributed by atoms with Crippen LogP contribution in [0.2, 0.25) is 0 Å². The van der Waals surface area contributed by atoms with Crippen molar-refractivity contribution in [1.29, 1.82) is 0 Å². The van der Waals surface area contributed by atoms with Crippen LogP contribution in [0.4, 0.5) is 0 Å². The number of carbonyl (C=O) groups is 1. The molecule has 2 aromatic heterocycles. The van der Waals surface area contributed by atoms with Gasteiger partial charge in [-0.25, -0.2) is 4.98 Å². The molecule has 0 unspecified atom stereocenters. The maximum Gasteiger partial charge on any atom is 0.234 e. The van der Waals surface area contributed by atoms with Crippen molar-refractivity contribution in [2.45, 2.75) is 25.4 Å². The topological polar surface area (TPSA) is 50.2 Å². The number of benzene rings is 1. The van der Waals surface area contributed by atoms with Crippen molar-refractivity contribution in [3.8, 4) is 0 Å². The largest absolute Gasteiger partial charge is 0.350 e. The maximum absolute atomic E-state index is 12.4. The van der Waals surface area contributed by atoms with Gasteiger partial charge in [0, 0.05) is 11.9 Å². The Morgan fingerprint density at radius 2 is 2.20 bits per heavy atom. The summed E-state index contributed by atoms with van der Waals surface area (Å²) in [7, 11) is 2.07. The van der Waals surface area contributed by atoms with Gasteiger partial charge < -0.3 is 9.88 Å². The minimum atomic E-state index is 0.0825. The molecule has 1 amide bonds. The Labute approximate surface area is 151 Å². The molecule has 1 aliphatic heterocycles. The van der Waals surface area contributed by atoms with Gasteiger partial charge in [0.25, 0.3) is 0 Å². The fourth-order valence-corrected chi connectivity index (χ4v) is 4.25. The summed E-state index contributed by atoms with van der Waals surface area (Å²) < 4.78 is 2.17. The molecule has 1 N–H and O–H groups in total. The van der Waals surface area contributed by atoms with Gasteiger partial charge in [-0.3, -0.25) is 9.69 Å². The average molecular weight is 354 g/mol. The number of thiophene rings is 1. The Hall–Kier alpha value is -2.18. The summed E-state index contributed by atoms with van der Waals surface area (Å²) in [6.45, 7) is 1.99. The van der Waals surface area contributed by atoms with E-state index >= 15 is 0 Å². The summed E-state index contributed by atoms with van der Waals surface area (Å²) in [5, 5.41) is 5.06. The second kappa shape index (κ2) is 6.98. The van der Waals surface area contributed by atoms with E-state index < -0.39 is 0 Å². The van der Waals surface area contributed by atoms with Crippen LogP contribution < -0.4 is 5.32 Å². The number of nitrogens with zero attached hydrogens (tertiary/aromatic N) is 3.